The Morgan fingerprint density at radius 1 is 0.750 bits per heavy atom. The molecule has 2 rings (SSSR count). The van der Waals surface area contributed by atoms with Crippen molar-refractivity contribution in [1.29, 1.82) is 0 Å². The number of nitrogens with zero attached hydrogens (tertiary/aromatic N) is 2. The molecule has 0 aliphatic carbocycles. The van der Waals surface area contributed by atoms with Gasteiger partial charge in [-0.05, 0) is 0 Å². The van der Waals surface area contributed by atoms with Gasteiger partial charge in [-0.1, -0.05) is 0 Å². The summed E-state index contributed by atoms with van der Waals surface area (Å²) in [5.41, 5.74) is 2.26. The van der Waals surface area contributed by atoms with Crippen LogP contribution in [0.25, 0.3) is 0 Å². The topological polar surface area (TPSA) is 25.8 Å². The fourth-order valence-corrected chi connectivity index (χ4v) is 10.3. The normalized spacial score (nSPS) is 10.4. The van der Waals surface area contributed by atoms with Crippen molar-refractivity contribution in [3.63, 3.8) is 0 Å². The number of rotatable bonds is 3. The van der Waals surface area contributed by atoms with Crippen LogP contribution in [0.3, 0.4) is 0 Å². The van der Waals surface area contributed by atoms with Crippen LogP contribution in [-0.4, -0.2) is 44.1 Å². The van der Waals surface area contributed by atoms with E-state index in [9.17, 15) is 0 Å². The molecule has 2 nitrogen and oxygen atoms in total. The van der Waals surface area contributed by atoms with E-state index in [1.165, 1.54) is 7.48 Å². The van der Waals surface area contributed by atoms with Crippen molar-refractivity contribution >= 4 is 41.6 Å². The molecule has 0 spiro atoms. The summed E-state index contributed by atoms with van der Waals surface area (Å²) >= 11 is -0.218. The molecule has 0 atom stereocenters. The minimum absolute atomic E-state index is 0.109. The number of aryl methyl sites for hydroxylation is 2. The van der Waals surface area contributed by atoms with Crippen molar-refractivity contribution in [1.82, 2.24) is 9.97 Å². The zero-order chi connectivity index (χ0) is 11.4. The minimum atomic E-state index is -0.109. The van der Waals surface area contributed by atoms with Crippen LogP contribution >= 0.6 is 0 Å². The molecule has 4 heteroatoms. The van der Waals surface area contributed by atoms with E-state index in [1.807, 2.05) is 0 Å². The van der Waals surface area contributed by atoms with Crippen molar-refractivity contribution in [3.8, 4) is 0 Å². The summed E-state index contributed by atoms with van der Waals surface area (Å²) in [5, 5.41) is 0. The van der Waals surface area contributed by atoms with Crippen LogP contribution in [0.15, 0.2) is 36.4 Å². The summed E-state index contributed by atoms with van der Waals surface area (Å²) < 4.78 is 2.66. The molecule has 82 valence electrons. The van der Waals surface area contributed by atoms with Gasteiger partial charge in [0.05, 0.1) is 0 Å². The average Bonchev–Trinajstić information content (AvgIpc) is 2.27. The summed E-state index contributed by atoms with van der Waals surface area (Å²) in [7, 11) is 0. The van der Waals surface area contributed by atoms with Gasteiger partial charge in [0.2, 0.25) is 0 Å². The first-order chi connectivity index (χ1) is 7.74. The van der Waals surface area contributed by atoms with Crippen LogP contribution in [0.1, 0.15) is 11.4 Å². The molecule has 2 aromatic heterocycles. The van der Waals surface area contributed by atoms with Crippen molar-refractivity contribution in [2.24, 2.45) is 0 Å². The summed E-state index contributed by atoms with van der Waals surface area (Å²) in [4.78, 5) is 9.15. The van der Waals surface area contributed by atoms with Gasteiger partial charge in [-0.3, -0.25) is 0 Å². The molecule has 2 heterocycles. The fraction of sp³-hybridized carbons (Fsp3) is 0.167. The van der Waals surface area contributed by atoms with Gasteiger partial charge in [0.1, 0.15) is 0 Å². The number of hydrogen-bond acceptors (Lipinski definition) is 2. The quantitative estimate of drug-likeness (QED) is 0.646. The predicted molar refractivity (Wildman–Crippen MR) is 68.7 cm³/mol. The zero-order valence-electron chi connectivity index (χ0n) is 9.18. The third-order valence-corrected chi connectivity index (χ3v) is 12.6. The van der Waals surface area contributed by atoms with Crippen LogP contribution in [0.2, 0.25) is 0 Å². The van der Waals surface area contributed by atoms with Crippen LogP contribution in [-0.2, 0) is 0 Å². The Labute approximate surface area is 112 Å². The molecule has 0 fully saturated rings. The molecule has 0 N–H and O–H groups in total. The second-order valence-corrected chi connectivity index (χ2v) is 13.1. The molecule has 0 bridgehead atoms. The Balaban J connectivity index is 2.02. The van der Waals surface area contributed by atoms with Gasteiger partial charge in [0.15, 0.2) is 0 Å². The van der Waals surface area contributed by atoms with E-state index in [0.717, 1.165) is 11.4 Å². The molecule has 0 saturated carbocycles. The van der Waals surface area contributed by atoms with Gasteiger partial charge in [-0.15, -0.1) is 0 Å². The number of hydrogen-bond donors (Lipinski definition) is 0. The van der Waals surface area contributed by atoms with Crippen molar-refractivity contribution < 1.29 is 0 Å². The molecule has 0 saturated heterocycles. The summed E-state index contributed by atoms with van der Waals surface area (Å²) in [6, 6.07) is 12.7. The van der Waals surface area contributed by atoms with E-state index < -0.39 is 0 Å². The third-order valence-electron chi connectivity index (χ3n) is 1.94. The molecule has 0 aromatic carbocycles. The average molecular weight is 439 g/mol. The van der Waals surface area contributed by atoms with Crippen molar-refractivity contribution in [3.05, 3.63) is 47.8 Å². The molecule has 0 aliphatic rings. The molecule has 16 heavy (non-hydrogen) atoms. The standard InChI is InChI=1S/C12H12N2Te2/c1-9-5-3-7-11(13-9)15-16-12-8-4-6-10(2)14-12/h3-8H,1-2H3. The summed E-state index contributed by atoms with van der Waals surface area (Å²) in [6.45, 7) is 4.11. The first-order valence-electron chi connectivity index (χ1n) is 4.96. The van der Waals surface area contributed by atoms with E-state index >= 15 is 0 Å². The fourth-order valence-electron chi connectivity index (χ4n) is 1.21. The molecular formula is C12H12N2Te2. The van der Waals surface area contributed by atoms with Crippen LogP contribution in [0.5, 0.6) is 0 Å². The van der Waals surface area contributed by atoms with Crippen LogP contribution in [0.4, 0.5) is 0 Å². The summed E-state index contributed by atoms with van der Waals surface area (Å²) in [5.74, 6) is 0. The molecule has 0 aliphatic heterocycles. The van der Waals surface area contributed by atoms with E-state index in [0.29, 0.717) is 0 Å². The van der Waals surface area contributed by atoms with E-state index in [4.69, 9.17) is 0 Å². The number of pyridine rings is 2. The maximum atomic E-state index is 4.57. The Bertz CT molecular complexity index is 440. The second-order valence-electron chi connectivity index (χ2n) is 3.40. The molecular weight excluding hydrogens is 427 g/mol. The van der Waals surface area contributed by atoms with E-state index in [2.05, 4.69) is 60.2 Å². The van der Waals surface area contributed by atoms with Crippen molar-refractivity contribution in [2.75, 3.05) is 0 Å². The molecule has 2 aromatic rings. The molecule has 0 unspecified atom stereocenters. The summed E-state index contributed by atoms with van der Waals surface area (Å²) in [6.07, 6.45) is 0. The SMILES string of the molecule is Cc1cccc([Te][Te]c2cccc(C)n2)n1. The monoisotopic (exact) mass is 444 g/mol. The first kappa shape index (κ1) is 12.3. The third kappa shape index (κ3) is 3.72. The Morgan fingerprint density at radius 3 is 1.56 bits per heavy atom. The predicted octanol–water partition coefficient (Wildman–Crippen LogP) is 0.368. The Kier molecular flexibility index (Phi) is 4.62. The first-order valence-corrected chi connectivity index (χ1v) is 14.6. The van der Waals surface area contributed by atoms with Gasteiger partial charge in [-0.25, -0.2) is 0 Å². The molecule has 0 radical (unpaired) electrons. The van der Waals surface area contributed by atoms with Gasteiger partial charge in [0.25, 0.3) is 0 Å². The van der Waals surface area contributed by atoms with Crippen LogP contribution < -0.4 is 7.48 Å². The number of aromatic nitrogens is 2. The Hall–Kier alpha value is -0.121. The van der Waals surface area contributed by atoms with Gasteiger partial charge < -0.3 is 0 Å². The van der Waals surface area contributed by atoms with Gasteiger partial charge in [0, 0.05) is 0 Å². The maximum absolute atomic E-state index is 4.57. The van der Waals surface area contributed by atoms with E-state index in [1.54, 1.807) is 0 Å². The van der Waals surface area contributed by atoms with Crippen molar-refractivity contribution in [2.45, 2.75) is 13.8 Å². The van der Waals surface area contributed by atoms with Crippen LogP contribution in [0, 0.1) is 13.8 Å². The molecule has 0 amide bonds. The zero-order valence-corrected chi connectivity index (χ0v) is 13.8. The van der Waals surface area contributed by atoms with Gasteiger partial charge in [-0.2, -0.15) is 0 Å². The van der Waals surface area contributed by atoms with E-state index in [-0.39, 0.29) is 34.1 Å². The second kappa shape index (κ2) is 5.99. The Morgan fingerprint density at radius 2 is 1.19 bits per heavy atom. The van der Waals surface area contributed by atoms with Gasteiger partial charge >= 0.3 is 113 Å².